The second-order valence-corrected chi connectivity index (χ2v) is 7.67. The number of benzene rings is 2. The van der Waals surface area contributed by atoms with Crippen LogP contribution in [0.2, 0.25) is 5.02 Å². The smallest absolute Gasteiger partial charge is 0.274 e. The fraction of sp³-hybridized carbons (Fsp3) is 0.318. The van der Waals surface area contributed by atoms with Gasteiger partial charge in [0.1, 0.15) is 5.75 Å². The van der Waals surface area contributed by atoms with Crippen LogP contribution in [0.4, 0.5) is 0 Å². The van der Waals surface area contributed by atoms with Gasteiger partial charge in [0.25, 0.3) is 5.91 Å². The predicted molar refractivity (Wildman–Crippen MR) is 112 cm³/mol. The van der Waals surface area contributed by atoms with Gasteiger partial charge in [0.05, 0.1) is 17.5 Å². The van der Waals surface area contributed by atoms with Gasteiger partial charge in [-0.3, -0.25) is 4.79 Å². The van der Waals surface area contributed by atoms with Gasteiger partial charge in [-0.2, -0.15) is 0 Å². The van der Waals surface area contributed by atoms with E-state index in [1.807, 2.05) is 43.3 Å². The number of nitrogens with one attached hydrogen (secondary N) is 1. The zero-order valence-electron chi connectivity index (χ0n) is 16.3. The Morgan fingerprint density at radius 3 is 2.79 bits per heavy atom. The van der Waals surface area contributed by atoms with E-state index in [1.54, 1.807) is 16.8 Å². The lowest BCUT2D eigenvalue weighted by molar-refractivity contribution is 0.0944. The van der Waals surface area contributed by atoms with E-state index in [0.717, 1.165) is 29.8 Å². The van der Waals surface area contributed by atoms with Crippen molar-refractivity contribution in [1.82, 2.24) is 20.3 Å². The van der Waals surface area contributed by atoms with Crippen molar-refractivity contribution in [2.45, 2.75) is 45.3 Å². The molecule has 1 amide bonds. The van der Waals surface area contributed by atoms with E-state index >= 15 is 0 Å². The summed E-state index contributed by atoms with van der Waals surface area (Å²) < 4.78 is 7.75. The van der Waals surface area contributed by atoms with Crippen LogP contribution in [-0.2, 0) is 6.54 Å². The number of carbonyl (C=O) groups is 1. The predicted octanol–water partition coefficient (Wildman–Crippen LogP) is 4.48. The van der Waals surface area contributed by atoms with E-state index in [-0.39, 0.29) is 12.0 Å². The molecule has 4 rings (SSSR count). The number of amides is 1. The fourth-order valence-electron chi connectivity index (χ4n) is 3.60. The second kappa shape index (κ2) is 8.66. The third-order valence-corrected chi connectivity index (χ3v) is 5.41. The summed E-state index contributed by atoms with van der Waals surface area (Å²) in [6.07, 6.45) is 4.88. The van der Waals surface area contributed by atoms with E-state index in [2.05, 4.69) is 15.6 Å². The van der Waals surface area contributed by atoms with Gasteiger partial charge >= 0.3 is 0 Å². The minimum absolute atomic E-state index is 0.270. The van der Waals surface area contributed by atoms with Crippen molar-refractivity contribution in [2.75, 3.05) is 0 Å². The van der Waals surface area contributed by atoms with Crippen molar-refractivity contribution in [3.8, 4) is 11.4 Å². The van der Waals surface area contributed by atoms with Crippen LogP contribution in [0, 0.1) is 6.92 Å². The van der Waals surface area contributed by atoms with Gasteiger partial charge in [-0.15, -0.1) is 5.10 Å². The molecule has 1 aliphatic rings. The highest BCUT2D eigenvalue weighted by Gasteiger charge is 2.20. The van der Waals surface area contributed by atoms with E-state index < -0.39 is 0 Å². The van der Waals surface area contributed by atoms with Crippen LogP contribution in [0.5, 0.6) is 5.75 Å². The average Bonchev–Trinajstić information content (AvgIpc) is 3.37. The Hall–Kier alpha value is -2.86. The molecule has 1 heterocycles. The topological polar surface area (TPSA) is 69.0 Å². The minimum atomic E-state index is -0.272. The first-order chi connectivity index (χ1) is 14.1. The molecule has 0 saturated heterocycles. The van der Waals surface area contributed by atoms with Gasteiger partial charge in [0.2, 0.25) is 0 Å². The van der Waals surface area contributed by atoms with Gasteiger partial charge in [0.15, 0.2) is 5.69 Å². The van der Waals surface area contributed by atoms with Crippen LogP contribution in [0.25, 0.3) is 5.69 Å². The summed E-state index contributed by atoms with van der Waals surface area (Å²) in [6.45, 7) is 2.18. The van der Waals surface area contributed by atoms with Gasteiger partial charge in [-0.25, -0.2) is 4.68 Å². The molecule has 0 spiro atoms. The summed E-state index contributed by atoms with van der Waals surface area (Å²) >= 11 is 6.06. The molecule has 0 atom stereocenters. The Morgan fingerprint density at radius 2 is 2.00 bits per heavy atom. The lowest BCUT2D eigenvalue weighted by Crippen LogP contribution is -2.25. The zero-order valence-corrected chi connectivity index (χ0v) is 17.0. The third-order valence-electron chi connectivity index (χ3n) is 5.17. The highest BCUT2D eigenvalue weighted by Crippen LogP contribution is 2.26. The molecule has 0 radical (unpaired) electrons. The van der Waals surface area contributed by atoms with Gasteiger partial charge in [-0.1, -0.05) is 41.1 Å². The molecule has 0 aliphatic heterocycles. The fourth-order valence-corrected chi connectivity index (χ4v) is 3.79. The molecular formula is C22H23ClN4O2. The Labute approximate surface area is 174 Å². The van der Waals surface area contributed by atoms with Crippen LogP contribution in [0.3, 0.4) is 0 Å². The number of ether oxygens (including phenoxy) is 1. The molecule has 1 aromatic heterocycles. The highest BCUT2D eigenvalue weighted by molar-refractivity contribution is 6.30. The zero-order chi connectivity index (χ0) is 20.2. The number of hydrogen-bond acceptors (Lipinski definition) is 4. The number of halogens is 1. The number of rotatable bonds is 6. The Balaban J connectivity index is 1.46. The summed E-state index contributed by atoms with van der Waals surface area (Å²) in [6, 6.07) is 15.1. The molecule has 1 N–H and O–H groups in total. The Bertz CT molecular complexity index is 1010. The van der Waals surface area contributed by atoms with Crippen molar-refractivity contribution < 1.29 is 9.53 Å². The first-order valence-electron chi connectivity index (χ1n) is 9.83. The standard InChI is InChI=1S/C22H23ClN4O2/c1-15-21(25-26-27(15)18-9-6-8-17(23)13-18)22(28)24-14-16-7-2-5-12-20(16)29-19-10-3-4-11-19/h2,5-9,12-13,19H,3-4,10-11,14H2,1H3,(H,24,28). The number of nitrogens with zero attached hydrogens (tertiary/aromatic N) is 3. The maximum absolute atomic E-state index is 12.7. The summed E-state index contributed by atoms with van der Waals surface area (Å²) in [4.78, 5) is 12.7. The maximum atomic E-state index is 12.7. The quantitative estimate of drug-likeness (QED) is 0.650. The van der Waals surface area contributed by atoms with Crippen molar-refractivity contribution >= 4 is 17.5 Å². The van der Waals surface area contributed by atoms with Crippen LogP contribution in [0.15, 0.2) is 48.5 Å². The number of carbonyl (C=O) groups excluding carboxylic acids is 1. The molecule has 2 aromatic carbocycles. The SMILES string of the molecule is Cc1c(C(=O)NCc2ccccc2OC2CCCC2)nnn1-c1cccc(Cl)c1. The lowest BCUT2D eigenvalue weighted by Gasteiger charge is -2.16. The van der Waals surface area contributed by atoms with E-state index in [9.17, 15) is 4.79 Å². The summed E-state index contributed by atoms with van der Waals surface area (Å²) in [5, 5.41) is 11.7. The average molecular weight is 411 g/mol. The monoisotopic (exact) mass is 410 g/mol. The van der Waals surface area contributed by atoms with Crippen molar-refractivity contribution in [2.24, 2.45) is 0 Å². The molecular weight excluding hydrogens is 388 g/mol. The number of aromatic nitrogens is 3. The third kappa shape index (κ3) is 4.43. The van der Waals surface area contributed by atoms with Crippen molar-refractivity contribution in [3.63, 3.8) is 0 Å². The molecule has 6 nitrogen and oxygen atoms in total. The first-order valence-corrected chi connectivity index (χ1v) is 10.2. The molecule has 150 valence electrons. The van der Waals surface area contributed by atoms with Crippen LogP contribution >= 0.6 is 11.6 Å². The van der Waals surface area contributed by atoms with Crippen molar-refractivity contribution in [1.29, 1.82) is 0 Å². The van der Waals surface area contributed by atoms with Crippen molar-refractivity contribution in [3.05, 3.63) is 70.5 Å². The van der Waals surface area contributed by atoms with Gasteiger partial charge < -0.3 is 10.1 Å². The Kier molecular flexibility index (Phi) is 5.81. The second-order valence-electron chi connectivity index (χ2n) is 7.23. The molecule has 7 heteroatoms. The largest absolute Gasteiger partial charge is 0.490 e. The van der Waals surface area contributed by atoms with E-state index in [1.165, 1.54) is 12.8 Å². The number of para-hydroxylation sites is 1. The number of hydrogen-bond donors (Lipinski definition) is 1. The molecule has 29 heavy (non-hydrogen) atoms. The molecule has 1 fully saturated rings. The summed E-state index contributed by atoms with van der Waals surface area (Å²) in [5.41, 5.74) is 2.66. The molecule has 1 saturated carbocycles. The summed E-state index contributed by atoms with van der Waals surface area (Å²) in [7, 11) is 0. The van der Waals surface area contributed by atoms with Gasteiger partial charge in [-0.05, 0) is 56.9 Å². The Morgan fingerprint density at radius 1 is 1.21 bits per heavy atom. The lowest BCUT2D eigenvalue weighted by atomic mass is 10.2. The molecule has 1 aliphatic carbocycles. The summed E-state index contributed by atoms with van der Waals surface area (Å²) in [5.74, 6) is 0.561. The molecule has 3 aromatic rings. The van der Waals surface area contributed by atoms with Crippen LogP contribution in [0.1, 0.15) is 47.4 Å². The van der Waals surface area contributed by atoms with E-state index in [4.69, 9.17) is 16.3 Å². The van der Waals surface area contributed by atoms with Crippen LogP contribution in [-0.4, -0.2) is 27.0 Å². The molecule has 0 unspecified atom stereocenters. The van der Waals surface area contributed by atoms with Crippen LogP contribution < -0.4 is 10.1 Å². The normalized spacial score (nSPS) is 14.1. The van der Waals surface area contributed by atoms with Gasteiger partial charge in [0, 0.05) is 17.1 Å². The molecule has 0 bridgehead atoms. The highest BCUT2D eigenvalue weighted by atomic mass is 35.5. The first kappa shape index (κ1) is 19.5. The minimum Gasteiger partial charge on any atom is -0.490 e. The maximum Gasteiger partial charge on any atom is 0.274 e. The van der Waals surface area contributed by atoms with E-state index in [0.29, 0.717) is 23.0 Å².